The number of anilines is 2. The fourth-order valence-electron chi connectivity index (χ4n) is 3.65. The van der Waals surface area contributed by atoms with Crippen LogP contribution in [0.3, 0.4) is 0 Å². The van der Waals surface area contributed by atoms with Crippen molar-refractivity contribution in [2.24, 2.45) is 5.73 Å². The number of carbonyl (C=O) groups excluding carboxylic acids is 3. The van der Waals surface area contributed by atoms with Crippen LogP contribution >= 0.6 is 11.5 Å². The normalized spacial score (nSPS) is 12.0. The third-order valence-corrected chi connectivity index (χ3v) is 6.97. The summed E-state index contributed by atoms with van der Waals surface area (Å²) < 4.78 is 3.98. The van der Waals surface area contributed by atoms with E-state index in [1.807, 2.05) is 70.1 Å². The van der Waals surface area contributed by atoms with Crippen LogP contribution in [0, 0.1) is 0 Å². The van der Waals surface area contributed by atoms with Crippen LogP contribution in [0.2, 0.25) is 0 Å². The highest BCUT2D eigenvalue weighted by Crippen LogP contribution is 2.31. The number of primary amides is 1. The highest BCUT2D eigenvalue weighted by Gasteiger charge is 2.36. The molecule has 0 saturated carbocycles. The lowest BCUT2D eigenvalue weighted by Crippen LogP contribution is -2.50. The Bertz CT molecular complexity index is 1260. The van der Waals surface area contributed by atoms with E-state index in [4.69, 9.17) is 11.5 Å². The van der Waals surface area contributed by atoms with Crippen molar-refractivity contribution in [1.82, 2.24) is 19.6 Å². The number of hydrogen-bond acceptors (Lipinski definition) is 8. The number of aromatic nitrogens is 2. The number of amides is 3. The van der Waals surface area contributed by atoms with Crippen LogP contribution in [0.15, 0.2) is 48.8 Å². The first-order valence-corrected chi connectivity index (χ1v) is 12.6. The van der Waals surface area contributed by atoms with Gasteiger partial charge in [-0.05, 0) is 61.1 Å². The van der Waals surface area contributed by atoms with Crippen molar-refractivity contribution in [3.63, 3.8) is 0 Å². The first kappa shape index (κ1) is 27.6. The third-order valence-electron chi connectivity index (χ3n) is 6.12. The molecule has 11 heteroatoms. The quantitative estimate of drug-likeness (QED) is 0.370. The molecule has 0 saturated heterocycles. The van der Waals surface area contributed by atoms with E-state index < -0.39 is 23.4 Å². The highest BCUT2D eigenvalue weighted by atomic mass is 32.1. The first-order chi connectivity index (χ1) is 17.4. The molecule has 0 spiro atoms. The van der Waals surface area contributed by atoms with Gasteiger partial charge < -0.3 is 26.6 Å². The summed E-state index contributed by atoms with van der Waals surface area (Å²) >= 11 is 0.779. The van der Waals surface area contributed by atoms with E-state index in [2.05, 4.69) is 14.7 Å². The van der Waals surface area contributed by atoms with Crippen molar-refractivity contribution >= 4 is 40.6 Å². The maximum atomic E-state index is 14.0. The molecule has 3 aromatic rings. The minimum Gasteiger partial charge on any atom is -0.395 e. The number of rotatable bonds is 10. The Morgan fingerprint density at radius 3 is 2.32 bits per heavy atom. The van der Waals surface area contributed by atoms with Gasteiger partial charge in [0.15, 0.2) is 5.69 Å². The summed E-state index contributed by atoms with van der Waals surface area (Å²) in [6.07, 6.45) is 3.94. The molecule has 1 aromatic carbocycles. The SMILES string of the molecule is CCC(C)(C)NC(=O)C(c1ccc(N(C)C)cc1)N(Cc1cccnc1)C(=O)c1snc(C(N)=O)c1N. The maximum absolute atomic E-state index is 14.0. The average Bonchev–Trinajstić information content (AvgIpc) is 3.25. The van der Waals surface area contributed by atoms with Crippen LogP contribution in [-0.4, -0.2) is 51.6 Å². The molecule has 0 aliphatic carbocycles. The van der Waals surface area contributed by atoms with Crippen LogP contribution in [0.4, 0.5) is 11.4 Å². The Labute approximate surface area is 220 Å². The summed E-state index contributed by atoms with van der Waals surface area (Å²) in [6, 6.07) is 10.00. The lowest BCUT2D eigenvalue weighted by atomic mass is 9.98. The predicted octanol–water partition coefficient (Wildman–Crippen LogP) is 2.97. The van der Waals surface area contributed by atoms with Gasteiger partial charge in [-0.15, -0.1) is 0 Å². The number of nitrogens with zero attached hydrogens (tertiary/aromatic N) is 4. The third kappa shape index (κ3) is 6.42. The van der Waals surface area contributed by atoms with Gasteiger partial charge in [0.1, 0.15) is 10.9 Å². The number of nitrogens with one attached hydrogen (secondary N) is 1. The monoisotopic (exact) mass is 523 g/mol. The van der Waals surface area contributed by atoms with E-state index in [1.54, 1.807) is 18.5 Å². The summed E-state index contributed by atoms with van der Waals surface area (Å²) in [6.45, 7) is 5.88. The molecule has 0 aliphatic heterocycles. The molecule has 2 aromatic heterocycles. The van der Waals surface area contributed by atoms with Gasteiger partial charge in [-0.1, -0.05) is 25.1 Å². The molecule has 10 nitrogen and oxygen atoms in total. The van der Waals surface area contributed by atoms with Crippen molar-refractivity contribution in [1.29, 1.82) is 0 Å². The largest absolute Gasteiger partial charge is 0.395 e. The lowest BCUT2D eigenvalue weighted by molar-refractivity contribution is -0.127. The molecule has 0 bridgehead atoms. The van der Waals surface area contributed by atoms with Gasteiger partial charge in [0, 0.05) is 44.3 Å². The number of nitrogen functional groups attached to an aromatic ring is 1. The zero-order chi connectivity index (χ0) is 27.3. The summed E-state index contributed by atoms with van der Waals surface area (Å²) in [4.78, 5) is 47.2. The van der Waals surface area contributed by atoms with Crippen molar-refractivity contribution in [3.8, 4) is 0 Å². The van der Waals surface area contributed by atoms with Crippen LogP contribution in [0.25, 0.3) is 0 Å². The molecular formula is C26H33N7O3S. The van der Waals surface area contributed by atoms with Crippen LogP contribution in [0.1, 0.15) is 64.5 Å². The molecule has 196 valence electrons. The van der Waals surface area contributed by atoms with Gasteiger partial charge >= 0.3 is 0 Å². The molecule has 0 fully saturated rings. The summed E-state index contributed by atoms with van der Waals surface area (Å²) in [5.41, 5.74) is 13.0. The molecule has 0 radical (unpaired) electrons. The number of nitrogens with two attached hydrogens (primary N) is 2. The van der Waals surface area contributed by atoms with Gasteiger partial charge in [-0.25, -0.2) is 0 Å². The van der Waals surface area contributed by atoms with Crippen molar-refractivity contribution in [2.75, 3.05) is 24.7 Å². The molecular weight excluding hydrogens is 490 g/mol. The molecule has 2 heterocycles. The van der Waals surface area contributed by atoms with Gasteiger partial charge in [-0.3, -0.25) is 19.4 Å². The topological polar surface area (TPSA) is 148 Å². The Kier molecular flexibility index (Phi) is 8.49. The fraction of sp³-hybridized carbons (Fsp3) is 0.346. The first-order valence-electron chi connectivity index (χ1n) is 11.8. The molecule has 0 aliphatic rings. The Morgan fingerprint density at radius 2 is 1.81 bits per heavy atom. The fourth-order valence-corrected chi connectivity index (χ4v) is 4.41. The Hall–Kier alpha value is -3.99. The van der Waals surface area contributed by atoms with Gasteiger partial charge in [0.2, 0.25) is 5.91 Å². The molecule has 3 amide bonds. The van der Waals surface area contributed by atoms with Crippen molar-refractivity contribution in [3.05, 3.63) is 70.5 Å². The summed E-state index contributed by atoms with van der Waals surface area (Å²) in [7, 11) is 3.84. The average molecular weight is 524 g/mol. The van der Waals surface area contributed by atoms with Crippen LogP contribution in [-0.2, 0) is 11.3 Å². The van der Waals surface area contributed by atoms with Crippen molar-refractivity contribution in [2.45, 2.75) is 45.3 Å². The van der Waals surface area contributed by atoms with E-state index in [0.29, 0.717) is 17.5 Å². The van der Waals surface area contributed by atoms with E-state index in [0.717, 1.165) is 17.2 Å². The predicted molar refractivity (Wildman–Crippen MR) is 145 cm³/mol. The van der Waals surface area contributed by atoms with Gasteiger partial charge in [-0.2, -0.15) is 4.37 Å². The number of benzene rings is 1. The molecule has 1 atom stereocenters. The smallest absolute Gasteiger partial charge is 0.270 e. The van der Waals surface area contributed by atoms with Crippen LogP contribution < -0.4 is 21.7 Å². The molecule has 3 rings (SSSR count). The lowest BCUT2D eigenvalue weighted by Gasteiger charge is -2.34. The highest BCUT2D eigenvalue weighted by molar-refractivity contribution is 7.09. The molecule has 1 unspecified atom stereocenters. The van der Waals surface area contributed by atoms with E-state index in [-0.39, 0.29) is 28.7 Å². The van der Waals surface area contributed by atoms with E-state index >= 15 is 0 Å². The van der Waals surface area contributed by atoms with E-state index in [1.165, 1.54) is 4.90 Å². The van der Waals surface area contributed by atoms with Crippen LogP contribution in [0.5, 0.6) is 0 Å². The second kappa shape index (κ2) is 11.4. The number of hydrogen-bond donors (Lipinski definition) is 3. The molecule has 37 heavy (non-hydrogen) atoms. The minimum absolute atomic E-state index is 0.0372. The second-order valence-corrected chi connectivity index (χ2v) is 10.3. The standard InChI is InChI=1S/C26H33N7O3S/c1-6-26(2,3)30-24(35)21(17-9-11-18(12-10-17)32(4)5)33(15-16-8-7-13-29-14-16)25(36)22-19(27)20(23(28)34)31-37-22/h7-14,21H,6,15,27H2,1-5H3,(H2,28,34)(H,30,35). The second-order valence-electron chi connectivity index (χ2n) is 9.55. The maximum Gasteiger partial charge on any atom is 0.270 e. The minimum atomic E-state index is -1.01. The van der Waals surface area contributed by atoms with Crippen molar-refractivity contribution < 1.29 is 14.4 Å². The molecule has 5 N–H and O–H groups in total. The Balaban J connectivity index is 2.16. The summed E-state index contributed by atoms with van der Waals surface area (Å²) in [5.74, 6) is -1.72. The zero-order valence-corrected chi connectivity index (χ0v) is 22.5. The van der Waals surface area contributed by atoms with E-state index in [9.17, 15) is 14.4 Å². The number of carbonyl (C=O) groups is 3. The van der Waals surface area contributed by atoms with Gasteiger partial charge in [0.25, 0.3) is 11.8 Å². The zero-order valence-electron chi connectivity index (χ0n) is 21.7. The summed E-state index contributed by atoms with van der Waals surface area (Å²) in [5, 5.41) is 3.08. The Morgan fingerprint density at radius 1 is 1.14 bits per heavy atom. The number of pyridine rings is 1. The van der Waals surface area contributed by atoms with Gasteiger partial charge in [0.05, 0.1) is 5.69 Å².